The summed E-state index contributed by atoms with van der Waals surface area (Å²) in [6, 6.07) is 9.45. The van der Waals surface area contributed by atoms with Crippen LogP contribution in [0.2, 0.25) is 0 Å². The molecule has 0 saturated carbocycles. The molecule has 0 amide bonds. The van der Waals surface area contributed by atoms with Crippen LogP contribution >= 0.6 is 15.9 Å². The van der Waals surface area contributed by atoms with Gasteiger partial charge in [0.15, 0.2) is 0 Å². The number of hydrogen-bond donors (Lipinski definition) is 0. The fourth-order valence-corrected chi connectivity index (χ4v) is 2.57. The third-order valence-corrected chi connectivity index (χ3v) is 3.68. The summed E-state index contributed by atoms with van der Waals surface area (Å²) in [6.45, 7) is 0. The Kier molecular flexibility index (Phi) is 4.44. The van der Waals surface area contributed by atoms with Gasteiger partial charge >= 0.3 is 0 Å². The van der Waals surface area contributed by atoms with E-state index in [9.17, 15) is 18.9 Å². The molecule has 2 aromatic carbocycles. The number of nitrogens with zero attached hydrogens (tertiary/aromatic N) is 1. The van der Waals surface area contributed by atoms with Crippen LogP contribution in [0.4, 0.5) is 14.5 Å². The van der Waals surface area contributed by atoms with E-state index in [1.165, 1.54) is 24.3 Å². The molecule has 0 aliphatic rings. The molecule has 0 aromatic heterocycles. The fraction of sp³-hybridized carbons (Fsp3) is 0.143. The average Bonchev–Trinajstić information content (AvgIpc) is 2.39. The number of alkyl halides is 1. The maximum Gasteiger partial charge on any atom is 0.269 e. The summed E-state index contributed by atoms with van der Waals surface area (Å²) in [5.74, 6) is -1.24. The quantitative estimate of drug-likeness (QED) is 0.465. The van der Waals surface area contributed by atoms with Crippen molar-refractivity contribution in [1.29, 1.82) is 0 Å². The number of halogens is 3. The van der Waals surface area contributed by atoms with Crippen molar-refractivity contribution in [1.82, 2.24) is 0 Å². The van der Waals surface area contributed by atoms with Crippen molar-refractivity contribution in [3.8, 4) is 0 Å². The number of non-ortho nitro benzene ring substituents is 1. The number of nitro benzene ring substituents is 1. The van der Waals surface area contributed by atoms with Gasteiger partial charge in [-0.3, -0.25) is 10.1 Å². The molecule has 0 N–H and O–H groups in total. The zero-order chi connectivity index (χ0) is 14.7. The number of hydrogen-bond acceptors (Lipinski definition) is 2. The van der Waals surface area contributed by atoms with Crippen LogP contribution in [-0.2, 0) is 6.42 Å². The van der Waals surface area contributed by atoms with Crippen molar-refractivity contribution in [2.75, 3.05) is 0 Å². The van der Waals surface area contributed by atoms with Crippen LogP contribution in [0, 0.1) is 21.7 Å². The molecule has 0 aliphatic heterocycles. The molecule has 2 rings (SSSR count). The molecule has 0 bridgehead atoms. The molecule has 0 saturated heterocycles. The van der Waals surface area contributed by atoms with Crippen molar-refractivity contribution >= 4 is 21.6 Å². The van der Waals surface area contributed by atoms with E-state index in [0.717, 1.165) is 11.6 Å². The SMILES string of the molecule is O=[N+]([O-])c1ccc(CC(Br)c2ccc(F)cc2F)cc1. The predicted molar refractivity (Wildman–Crippen MR) is 74.8 cm³/mol. The van der Waals surface area contributed by atoms with Gasteiger partial charge in [0.05, 0.1) is 4.92 Å². The van der Waals surface area contributed by atoms with E-state index in [1.54, 1.807) is 12.1 Å². The normalized spacial score (nSPS) is 12.2. The summed E-state index contributed by atoms with van der Waals surface area (Å²) >= 11 is 3.35. The highest BCUT2D eigenvalue weighted by atomic mass is 79.9. The van der Waals surface area contributed by atoms with Gasteiger partial charge in [-0.2, -0.15) is 0 Å². The Labute approximate surface area is 122 Å². The summed E-state index contributed by atoms with van der Waals surface area (Å²) in [5.41, 5.74) is 1.18. The summed E-state index contributed by atoms with van der Waals surface area (Å²) in [4.78, 5) is 9.74. The molecule has 0 fully saturated rings. The second-order valence-corrected chi connectivity index (χ2v) is 5.37. The van der Waals surface area contributed by atoms with Crippen LogP contribution in [0.15, 0.2) is 42.5 Å². The molecule has 0 heterocycles. The summed E-state index contributed by atoms with van der Waals surface area (Å²) in [7, 11) is 0. The van der Waals surface area contributed by atoms with E-state index < -0.39 is 16.6 Å². The summed E-state index contributed by atoms with van der Waals surface area (Å²) in [5, 5.41) is 10.5. The summed E-state index contributed by atoms with van der Waals surface area (Å²) < 4.78 is 26.5. The van der Waals surface area contributed by atoms with E-state index in [0.29, 0.717) is 12.0 Å². The molecule has 0 radical (unpaired) electrons. The van der Waals surface area contributed by atoms with Gasteiger partial charge < -0.3 is 0 Å². The molecule has 3 nitrogen and oxygen atoms in total. The van der Waals surface area contributed by atoms with Crippen LogP contribution < -0.4 is 0 Å². The third-order valence-electron chi connectivity index (χ3n) is 2.86. The lowest BCUT2D eigenvalue weighted by Gasteiger charge is -2.11. The molecular weight excluding hydrogens is 332 g/mol. The monoisotopic (exact) mass is 341 g/mol. The van der Waals surface area contributed by atoms with E-state index in [-0.39, 0.29) is 10.5 Å². The van der Waals surface area contributed by atoms with Crippen molar-refractivity contribution in [2.24, 2.45) is 0 Å². The highest BCUT2D eigenvalue weighted by Gasteiger charge is 2.14. The lowest BCUT2D eigenvalue weighted by Crippen LogP contribution is -1.99. The van der Waals surface area contributed by atoms with Crippen molar-refractivity contribution in [3.05, 3.63) is 75.3 Å². The zero-order valence-electron chi connectivity index (χ0n) is 10.2. The fourth-order valence-electron chi connectivity index (χ4n) is 1.83. The molecule has 2 aromatic rings. The molecule has 0 aliphatic carbocycles. The average molecular weight is 342 g/mol. The number of rotatable bonds is 4. The predicted octanol–water partition coefficient (Wildman–Crippen LogP) is 4.55. The van der Waals surface area contributed by atoms with E-state index in [2.05, 4.69) is 15.9 Å². The van der Waals surface area contributed by atoms with Gasteiger partial charge in [0.1, 0.15) is 11.6 Å². The Morgan fingerprint density at radius 1 is 1.15 bits per heavy atom. The molecule has 104 valence electrons. The van der Waals surface area contributed by atoms with Crippen LogP contribution in [-0.4, -0.2) is 4.92 Å². The standard InChI is InChI=1S/C14H10BrF2NO2/c15-13(12-6-3-10(16)8-14(12)17)7-9-1-4-11(5-2-9)18(19)20/h1-6,8,13H,7H2. The van der Waals surface area contributed by atoms with Crippen LogP contribution in [0.25, 0.3) is 0 Å². The van der Waals surface area contributed by atoms with Crippen molar-refractivity contribution < 1.29 is 13.7 Å². The van der Waals surface area contributed by atoms with Gasteiger partial charge in [0.25, 0.3) is 5.69 Å². The smallest absolute Gasteiger partial charge is 0.258 e. The number of nitro groups is 1. The Hall–Kier alpha value is -1.82. The second kappa shape index (κ2) is 6.09. The lowest BCUT2D eigenvalue weighted by atomic mass is 10.0. The molecule has 1 atom stereocenters. The van der Waals surface area contributed by atoms with Gasteiger partial charge in [0.2, 0.25) is 0 Å². The van der Waals surface area contributed by atoms with E-state index in [1.807, 2.05) is 0 Å². The third kappa shape index (κ3) is 3.39. The Balaban J connectivity index is 2.14. The first-order valence-electron chi connectivity index (χ1n) is 5.79. The molecular formula is C14H10BrF2NO2. The maximum atomic E-state index is 13.6. The first-order chi connectivity index (χ1) is 9.47. The summed E-state index contributed by atoms with van der Waals surface area (Å²) in [6.07, 6.45) is 0.445. The van der Waals surface area contributed by atoms with Gasteiger partial charge in [-0.15, -0.1) is 0 Å². The first kappa shape index (κ1) is 14.6. The Morgan fingerprint density at radius 3 is 2.35 bits per heavy atom. The maximum absolute atomic E-state index is 13.6. The largest absolute Gasteiger partial charge is 0.269 e. The first-order valence-corrected chi connectivity index (χ1v) is 6.71. The van der Waals surface area contributed by atoms with Crippen LogP contribution in [0.5, 0.6) is 0 Å². The van der Waals surface area contributed by atoms with E-state index >= 15 is 0 Å². The molecule has 1 unspecified atom stereocenters. The highest BCUT2D eigenvalue weighted by molar-refractivity contribution is 9.09. The van der Waals surface area contributed by atoms with Crippen LogP contribution in [0.3, 0.4) is 0 Å². The van der Waals surface area contributed by atoms with Gasteiger partial charge in [-0.05, 0) is 18.1 Å². The zero-order valence-corrected chi connectivity index (χ0v) is 11.8. The Morgan fingerprint density at radius 2 is 1.80 bits per heavy atom. The minimum Gasteiger partial charge on any atom is -0.258 e. The molecule has 20 heavy (non-hydrogen) atoms. The lowest BCUT2D eigenvalue weighted by molar-refractivity contribution is -0.384. The van der Waals surface area contributed by atoms with E-state index in [4.69, 9.17) is 0 Å². The molecule has 6 heteroatoms. The van der Waals surface area contributed by atoms with Crippen molar-refractivity contribution in [2.45, 2.75) is 11.2 Å². The highest BCUT2D eigenvalue weighted by Crippen LogP contribution is 2.29. The van der Waals surface area contributed by atoms with Gasteiger partial charge in [0, 0.05) is 28.6 Å². The minimum atomic E-state index is -0.624. The van der Waals surface area contributed by atoms with Crippen molar-refractivity contribution in [3.63, 3.8) is 0 Å². The van der Waals surface area contributed by atoms with Gasteiger partial charge in [-0.25, -0.2) is 8.78 Å². The number of benzene rings is 2. The second-order valence-electron chi connectivity index (χ2n) is 4.26. The van der Waals surface area contributed by atoms with Gasteiger partial charge in [-0.1, -0.05) is 34.1 Å². The topological polar surface area (TPSA) is 43.1 Å². The minimum absolute atomic E-state index is 0.00725. The van der Waals surface area contributed by atoms with Crippen LogP contribution in [0.1, 0.15) is 16.0 Å². The Bertz CT molecular complexity index is 632. The molecule has 0 spiro atoms.